The summed E-state index contributed by atoms with van der Waals surface area (Å²) in [6.45, 7) is 4.86. The molecule has 1 aromatic carbocycles. The van der Waals surface area contributed by atoms with Gasteiger partial charge in [-0.3, -0.25) is 4.98 Å². The number of aliphatic hydroxyl groups excluding tert-OH is 4. The molecule has 0 radical (unpaired) electrons. The highest BCUT2D eigenvalue weighted by Gasteiger charge is 2.19. The van der Waals surface area contributed by atoms with E-state index < -0.39 is 0 Å². The molecule has 2 aromatic rings. The van der Waals surface area contributed by atoms with Gasteiger partial charge < -0.3 is 20.4 Å². The summed E-state index contributed by atoms with van der Waals surface area (Å²) in [5.41, 5.74) is 6.92. The number of hydrogen-bond donors (Lipinski definition) is 4. The number of pyridine rings is 1. The topological polar surface area (TPSA) is 93.8 Å². The van der Waals surface area contributed by atoms with Crippen LogP contribution >= 0.6 is 0 Å². The molecule has 0 amide bonds. The van der Waals surface area contributed by atoms with Crippen molar-refractivity contribution in [3.05, 3.63) is 62.5 Å². The molecular weight excluding hydrogens is 306 g/mol. The van der Waals surface area contributed by atoms with Gasteiger partial charge in [0, 0.05) is 17.5 Å². The fourth-order valence-electron chi connectivity index (χ4n) is 3.33. The van der Waals surface area contributed by atoms with Gasteiger partial charge in [0.2, 0.25) is 0 Å². The zero-order chi connectivity index (χ0) is 17.9. The van der Waals surface area contributed by atoms with Crippen molar-refractivity contribution in [2.75, 3.05) is 0 Å². The Balaban J connectivity index is 2.62. The van der Waals surface area contributed by atoms with E-state index in [1.54, 1.807) is 0 Å². The zero-order valence-corrected chi connectivity index (χ0v) is 14.4. The SMILES string of the molecule is Cc1cc(C)c(Cc2nc(CO)c(CO)c(CO)c2CO)c(C)c1. The molecule has 0 bridgehead atoms. The molecule has 2 rings (SSSR count). The molecule has 0 aliphatic heterocycles. The van der Waals surface area contributed by atoms with E-state index in [9.17, 15) is 20.4 Å². The number of benzene rings is 1. The fraction of sp³-hybridized carbons (Fsp3) is 0.421. The van der Waals surface area contributed by atoms with Crippen LogP contribution in [0.25, 0.3) is 0 Å². The highest BCUT2D eigenvalue weighted by molar-refractivity contribution is 5.45. The average molecular weight is 331 g/mol. The molecule has 0 saturated carbocycles. The van der Waals surface area contributed by atoms with Crippen LogP contribution in [0.5, 0.6) is 0 Å². The van der Waals surface area contributed by atoms with Crippen molar-refractivity contribution in [1.29, 1.82) is 0 Å². The van der Waals surface area contributed by atoms with E-state index in [0.717, 1.165) is 16.7 Å². The highest BCUT2D eigenvalue weighted by atomic mass is 16.3. The molecule has 0 saturated heterocycles. The van der Waals surface area contributed by atoms with E-state index in [0.29, 0.717) is 34.5 Å². The Kier molecular flexibility index (Phi) is 6.07. The second-order valence-electron chi connectivity index (χ2n) is 6.13. The molecule has 5 nitrogen and oxygen atoms in total. The maximum absolute atomic E-state index is 9.78. The number of nitrogens with zero attached hydrogens (tertiary/aromatic N) is 1. The van der Waals surface area contributed by atoms with Crippen LogP contribution in [0, 0.1) is 20.8 Å². The van der Waals surface area contributed by atoms with Crippen LogP contribution in [0.2, 0.25) is 0 Å². The molecule has 0 spiro atoms. The quantitative estimate of drug-likeness (QED) is 0.645. The van der Waals surface area contributed by atoms with Crippen LogP contribution in [0.1, 0.15) is 50.3 Å². The smallest absolute Gasteiger partial charge is 0.0856 e. The van der Waals surface area contributed by atoms with Gasteiger partial charge in [-0.2, -0.15) is 0 Å². The minimum absolute atomic E-state index is 0.277. The zero-order valence-electron chi connectivity index (χ0n) is 14.4. The van der Waals surface area contributed by atoms with Crippen molar-refractivity contribution in [3.63, 3.8) is 0 Å². The molecule has 0 atom stereocenters. The summed E-state index contributed by atoms with van der Waals surface area (Å²) in [6, 6.07) is 4.20. The largest absolute Gasteiger partial charge is 0.392 e. The van der Waals surface area contributed by atoms with Gasteiger partial charge in [-0.05, 0) is 43.0 Å². The molecule has 5 heteroatoms. The van der Waals surface area contributed by atoms with E-state index in [4.69, 9.17) is 0 Å². The number of hydrogen-bond acceptors (Lipinski definition) is 5. The maximum atomic E-state index is 9.78. The average Bonchev–Trinajstić information content (AvgIpc) is 2.56. The van der Waals surface area contributed by atoms with Crippen LogP contribution in [-0.4, -0.2) is 25.4 Å². The van der Waals surface area contributed by atoms with Gasteiger partial charge in [0.05, 0.1) is 37.8 Å². The lowest BCUT2D eigenvalue weighted by molar-refractivity contribution is 0.235. The number of aromatic nitrogens is 1. The first-order valence-electron chi connectivity index (χ1n) is 7.99. The van der Waals surface area contributed by atoms with Crippen molar-refractivity contribution in [2.45, 2.75) is 53.6 Å². The van der Waals surface area contributed by atoms with Gasteiger partial charge in [0.15, 0.2) is 0 Å². The number of rotatable bonds is 6. The third kappa shape index (κ3) is 3.49. The van der Waals surface area contributed by atoms with Crippen molar-refractivity contribution in [1.82, 2.24) is 4.98 Å². The Bertz CT molecular complexity index is 718. The molecular formula is C19H25NO4. The molecule has 1 heterocycles. The first-order valence-corrected chi connectivity index (χ1v) is 7.99. The monoisotopic (exact) mass is 331 g/mol. The maximum Gasteiger partial charge on any atom is 0.0856 e. The summed E-state index contributed by atoms with van der Waals surface area (Å²) in [7, 11) is 0. The molecule has 0 unspecified atom stereocenters. The summed E-state index contributed by atoms with van der Waals surface area (Å²) in [4.78, 5) is 4.46. The van der Waals surface area contributed by atoms with Crippen LogP contribution in [-0.2, 0) is 32.8 Å². The lowest BCUT2D eigenvalue weighted by Crippen LogP contribution is -2.13. The number of aliphatic hydroxyl groups is 4. The Hall–Kier alpha value is -1.79. The fourth-order valence-corrected chi connectivity index (χ4v) is 3.33. The first-order chi connectivity index (χ1) is 11.5. The summed E-state index contributed by atoms with van der Waals surface area (Å²) in [6.07, 6.45) is 0.500. The van der Waals surface area contributed by atoms with Crippen molar-refractivity contribution in [2.24, 2.45) is 0 Å². The molecule has 24 heavy (non-hydrogen) atoms. The molecule has 1 aromatic heterocycles. The van der Waals surface area contributed by atoms with Crippen LogP contribution in [0.4, 0.5) is 0 Å². The third-order valence-electron chi connectivity index (χ3n) is 4.50. The predicted molar refractivity (Wildman–Crippen MR) is 91.4 cm³/mol. The molecule has 130 valence electrons. The lowest BCUT2D eigenvalue weighted by Gasteiger charge is -2.19. The summed E-state index contributed by atoms with van der Waals surface area (Å²) in [5.74, 6) is 0. The van der Waals surface area contributed by atoms with Crippen molar-refractivity contribution >= 4 is 0 Å². The van der Waals surface area contributed by atoms with E-state index in [2.05, 4.69) is 17.1 Å². The minimum Gasteiger partial charge on any atom is -0.392 e. The Morgan fingerprint density at radius 1 is 0.667 bits per heavy atom. The second-order valence-corrected chi connectivity index (χ2v) is 6.13. The van der Waals surface area contributed by atoms with Crippen LogP contribution in [0.3, 0.4) is 0 Å². The Morgan fingerprint density at radius 2 is 1.17 bits per heavy atom. The normalized spacial score (nSPS) is 11.1. The van der Waals surface area contributed by atoms with Gasteiger partial charge >= 0.3 is 0 Å². The molecule has 0 fully saturated rings. The molecule has 4 N–H and O–H groups in total. The lowest BCUT2D eigenvalue weighted by atomic mass is 9.92. The van der Waals surface area contributed by atoms with Crippen LogP contribution < -0.4 is 0 Å². The Morgan fingerprint density at radius 3 is 1.62 bits per heavy atom. The van der Waals surface area contributed by atoms with E-state index in [-0.39, 0.29) is 26.4 Å². The van der Waals surface area contributed by atoms with Crippen molar-refractivity contribution in [3.8, 4) is 0 Å². The third-order valence-corrected chi connectivity index (χ3v) is 4.50. The highest BCUT2D eigenvalue weighted by Crippen LogP contribution is 2.26. The summed E-state index contributed by atoms with van der Waals surface area (Å²) in [5, 5.41) is 38.6. The first kappa shape index (κ1) is 18.5. The van der Waals surface area contributed by atoms with Gasteiger partial charge in [-0.15, -0.1) is 0 Å². The van der Waals surface area contributed by atoms with Crippen LogP contribution in [0.15, 0.2) is 12.1 Å². The predicted octanol–water partition coefficient (Wildman–Crippen LogP) is 1.57. The summed E-state index contributed by atoms with van der Waals surface area (Å²) >= 11 is 0. The number of aryl methyl sites for hydroxylation is 3. The minimum atomic E-state index is -0.339. The van der Waals surface area contributed by atoms with Gasteiger partial charge in [-0.25, -0.2) is 0 Å². The van der Waals surface area contributed by atoms with Gasteiger partial charge in [-0.1, -0.05) is 17.7 Å². The second kappa shape index (κ2) is 7.85. The Labute approximate surface area is 142 Å². The van der Waals surface area contributed by atoms with E-state index >= 15 is 0 Å². The summed E-state index contributed by atoms with van der Waals surface area (Å²) < 4.78 is 0. The van der Waals surface area contributed by atoms with E-state index in [1.165, 1.54) is 5.56 Å². The van der Waals surface area contributed by atoms with E-state index in [1.807, 2.05) is 20.8 Å². The van der Waals surface area contributed by atoms with Crippen molar-refractivity contribution < 1.29 is 20.4 Å². The molecule has 0 aliphatic carbocycles. The standard InChI is InChI=1S/C19H25NO4/c1-11-4-12(2)14(13(3)5-11)6-18-16(8-22)15(7-21)17(9-23)19(10-24)20-18/h4-5,21-24H,6-10H2,1-3H3. The van der Waals surface area contributed by atoms with Gasteiger partial charge in [0.25, 0.3) is 0 Å². The van der Waals surface area contributed by atoms with Gasteiger partial charge in [0.1, 0.15) is 0 Å². The molecule has 0 aliphatic rings.